The first-order chi connectivity index (χ1) is 7.86. The second-order valence-corrected chi connectivity index (χ2v) is 4.77. The summed E-state index contributed by atoms with van der Waals surface area (Å²) >= 11 is 0. The summed E-state index contributed by atoms with van der Waals surface area (Å²) in [6, 6.07) is 8.88. The largest absolute Gasteiger partial charge is 0.497 e. The highest BCUT2D eigenvalue weighted by Gasteiger charge is 2.33. The van der Waals surface area contributed by atoms with Crippen LogP contribution in [0.5, 0.6) is 5.75 Å². The molecule has 0 unspecified atom stereocenters. The lowest BCUT2D eigenvalue weighted by molar-refractivity contribution is 0.414. The maximum absolute atomic E-state index is 5.25. The van der Waals surface area contributed by atoms with E-state index in [4.69, 9.17) is 9.73 Å². The van der Waals surface area contributed by atoms with Crippen LogP contribution >= 0.6 is 0 Å². The number of hydrogen-bond donors (Lipinski definition) is 0. The first kappa shape index (κ1) is 9.88. The van der Waals surface area contributed by atoms with Gasteiger partial charge >= 0.3 is 0 Å². The minimum Gasteiger partial charge on any atom is -0.497 e. The topological polar surface area (TPSA) is 21.6 Å². The van der Waals surface area contributed by atoms with Gasteiger partial charge in [-0.05, 0) is 42.9 Å². The molecule has 84 valence electrons. The van der Waals surface area contributed by atoms with E-state index >= 15 is 0 Å². The molecule has 2 nitrogen and oxygen atoms in total. The van der Waals surface area contributed by atoms with Crippen molar-refractivity contribution in [1.29, 1.82) is 0 Å². The zero-order valence-electron chi connectivity index (χ0n) is 9.65. The van der Waals surface area contributed by atoms with Gasteiger partial charge in [-0.1, -0.05) is 18.6 Å². The molecule has 3 rings (SSSR count). The van der Waals surface area contributed by atoms with Crippen LogP contribution in [0.1, 0.15) is 31.2 Å². The van der Waals surface area contributed by atoms with E-state index in [0.717, 1.165) is 18.1 Å². The van der Waals surface area contributed by atoms with Gasteiger partial charge in [-0.3, -0.25) is 4.99 Å². The van der Waals surface area contributed by atoms with Crippen LogP contribution in [0.4, 0.5) is 0 Å². The van der Waals surface area contributed by atoms with Gasteiger partial charge in [0.2, 0.25) is 0 Å². The fraction of sp³-hybridized carbons (Fsp3) is 0.500. The van der Waals surface area contributed by atoms with E-state index in [-0.39, 0.29) is 0 Å². The Morgan fingerprint density at radius 3 is 3.06 bits per heavy atom. The fourth-order valence-electron chi connectivity index (χ4n) is 2.92. The Balaban J connectivity index is 1.87. The van der Waals surface area contributed by atoms with Crippen LogP contribution in [0, 0.1) is 5.92 Å². The number of fused-ring (bicyclic) bond motifs is 1. The molecule has 1 aromatic rings. The molecule has 16 heavy (non-hydrogen) atoms. The Morgan fingerprint density at radius 1 is 1.31 bits per heavy atom. The van der Waals surface area contributed by atoms with Gasteiger partial charge in [-0.25, -0.2) is 0 Å². The SMILES string of the molecule is COc1cccc(C2=N[C@@H]3CCC[C@@H]3C2)c1. The standard InChI is InChI=1S/C14H17NO/c1-16-12-6-2-4-10(8-12)14-9-11-5-3-7-13(11)15-14/h2,4,6,8,11,13H,3,5,7,9H2,1H3/t11-,13-/m1/s1. The Kier molecular flexibility index (Phi) is 2.43. The molecule has 2 atom stereocenters. The van der Waals surface area contributed by atoms with Gasteiger partial charge in [0, 0.05) is 5.71 Å². The highest BCUT2D eigenvalue weighted by molar-refractivity contribution is 6.02. The summed E-state index contributed by atoms with van der Waals surface area (Å²) in [7, 11) is 1.71. The molecule has 1 saturated carbocycles. The third kappa shape index (κ3) is 1.62. The lowest BCUT2D eigenvalue weighted by Crippen LogP contribution is -2.04. The third-order valence-corrected chi connectivity index (χ3v) is 3.80. The maximum atomic E-state index is 5.25. The van der Waals surface area contributed by atoms with E-state index in [1.54, 1.807) is 7.11 Å². The van der Waals surface area contributed by atoms with Crippen molar-refractivity contribution >= 4 is 5.71 Å². The van der Waals surface area contributed by atoms with Crippen LogP contribution in [0.3, 0.4) is 0 Å². The average molecular weight is 215 g/mol. The summed E-state index contributed by atoms with van der Waals surface area (Å²) in [5.41, 5.74) is 2.53. The van der Waals surface area contributed by atoms with Gasteiger partial charge in [0.05, 0.1) is 13.2 Å². The lowest BCUT2D eigenvalue weighted by Gasteiger charge is -2.05. The van der Waals surface area contributed by atoms with Crippen molar-refractivity contribution in [2.75, 3.05) is 7.11 Å². The second kappa shape index (κ2) is 3.93. The predicted molar refractivity (Wildman–Crippen MR) is 65.3 cm³/mol. The van der Waals surface area contributed by atoms with Gasteiger partial charge in [0.1, 0.15) is 5.75 Å². The van der Waals surface area contributed by atoms with E-state index in [9.17, 15) is 0 Å². The van der Waals surface area contributed by atoms with Crippen molar-refractivity contribution in [3.05, 3.63) is 29.8 Å². The molecule has 0 bridgehead atoms. The molecule has 0 saturated heterocycles. The van der Waals surface area contributed by atoms with Gasteiger partial charge in [0.25, 0.3) is 0 Å². The Morgan fingerprint density at radius 2 is 2.25 bits per heavy atom. The predicted octanol–water partition coefficient (Wildman–Crippen LogP) is 3.06. The van der Waals surface area contributed by atoms with Crippen molar-refractivity contribution in [3.63, 3.8) is 0 Å². The summed E-state index contributed by atoms with van der Waals surface area (Å²) in [5, 5.41) is 0. The van der Waals surface area contributed by atoms with Crippen LogP contribution in [0.15, 0.2) is 29.3 Å². The van der Waals surface area contributed by atoms with Crippen LogP contribution in [-0.4, -0.2) is 18.9 Å². The van der Waals surface area contributed by atoms with E-state index in [1.165, 1.54) is 30.5 Å². The number of rotatable bonds is 2. The number of nitrogens with zero attached hydrogens (tertiary/aromatic N) is 1. The van der Waals surface area contributed by atoms with Gasteiger partial charge in [-0.15, -0.1) is 0 Å². The smallest absolute Gasteiger partial charge is 0.119 e. The zero-order chi connectivity index (χ0) is 11.0. The minimum absolute atomic E-state index is 0.612. The lowest BCUT2D eigenvalue weighted by atomic mass is 9.98. The summed E-state index contributed by atoms with van der Waals surface area (Å²) in [6.45, 7) is 0. The molecule has 2 heteroatoms. The van der Waals surface area contributed by atoms with Crippen molar-refractivity contribution in [2.45, 2.75) is 31.7 Å². The molecule has 0 N–H and O–H groups in total. The van der Waals surface area contributed by atoms with E-state index in [0.29, 0.717) is 6.04 Å². The zero-order valence-corrected chi connectivity index (χ0v) is 9.65. The number of hydrogen-bond acceptors (Lipinski definition) is 2. The molecular weight excluding hydrogens is 198 g/mol. The van der Waals surface area contributed by atoms with E-state index < -0.39 is 0 Å². The van der Waals surface area contributed by atoms with E-state index in [2.05, 4.69) is 12.1 Å². The van der Waals surface area contributed by atoms with E-state index in [1.807, 2.05) is 12.1 Å². The quantitative estimate of drug-likeness (QED) is 0.743. The number of benzene rings is 1. The number of aliphatic imine (C=N–C) groups is 1. The van der Waals surface area contributed by atoms with Crippen LogP contribution in [0.25, 0.3) is 0 Å². The molecule has 0 amide bonds. The summed E-state index contributed by atoms with van der Waals surface area (Å²) in [6.07, 6.45) is 5.18. The van der Waals surface area contributed by atoms with Gasteiger partial charge < -0.3 is 4.74 Å². The fourth-order valence-corrected chi connectivity index (χ4v) is 2.92. The number of ether oxygens (including phenoxy) is 1. The second-order valence-electron chi connectivity index (χ2n) is 4.77. The first-order valence-corrected chi connectivity index (χ1v) is 6.08. The Hall–Kier alpha value is -1.31. The van der Waals surface area contributed by atoms with Crippen molar-refractivity contribution in [2.24, 2.45) is 10.9 Å². The van der Waals surface area contributed by atoms with Crippen molar-refractivity contribution < 1.29 is 4.74 Å². The molecule has 1 aliphatic carbocycles. The van der Waals surface area contributed by atoms with Crippen molar-refractivity contribution in [1.82, 2.24) is 0 Å². The first-order valence-electron chi connectivity index (χ1n) is 6.08. The van der Waals surface area contributed by atoms with Crippen LogP contribution in [0.2, 0.25) is 0 Å². The summed E-state index contributed by atoms with van der Waals surface area (Å²) in [4.78, 5) is 4.86. The average Bonchev–Trinajstić information content (AvgIpc) is 2.89. The Labute approximate surface area is 96.3 Å². The molecule has 1 aromatic carbocycles. The monoisotopic (exact) mass is 215 g/mol. The molecule has 1 fully saturated rings. The highest BCUT2D eigenvalue weighted by atomic mass is 16.5. The molecular formula is C14H17NO. The summed E-state index contributed by atoms with van der Waals surface area (Å²) in [5.74, 6) is 1.75. The number of methoxy groups -OCH3 is 1. The molecule has 1 heterocycles. The molecule has 0 aromatic heterocycles. The maximum Gasteiger partial charge on any atom is 0.119 e. The minimum atomic E-state index is 0.612. The molecule has 1 aliphatic heterocycles. The normalized spacial score (nSPS) is 27.7. The van der Waals surface area contributed by atoms with Crippen molar-refractivity contribution in [3.8, 4) is 5.75 Å². The molecule has 2 aliphatic rings. The third-order valence-electron chi connectivity index (χ3n) is 3.80. The van der Waals surface area contributed by atoms with Gasteiger partial charge in [0.15, 0.2) is 0 Å². The van der Waals surface area contributed by atoms with Gasteiger partial charge in [-0.2, -0.15) is 0 Å². The Bertz CT molecular complexity index is 424. The highest BCUT2D eigenvalue weighted by Crippen LogP contribution is 2.37. The van der Waals surface area contributed by atoms with Crippen LogP contribution < -0.4 is 4.74 Å². The molecule has 0 radical (unpaired) electrons. The molecule has 0 spiro atoms. The van der Waals surface area contributed by atoms with Crippen LogP contribution in [-0.2, 0) is 0 Å². The summed E-state index contributed by atoms with van der Waals surface area (Å²) < 4.78 is 5.25.